The van der Waals surface area contributed by atoms with Gasteiger partial charge in [0.1, 0.15) is 0 Å². The molecular weight excluding hydrogens is 132 g/mol. The lowest BCUT2D eigenvalue weighted by atomic mass is 10.2. The van der Waals surface area contributed by atoms with Gasteiger partial charge >= 0.3 is 0 Å². The molecule has 10 heavy (non-hydrogen) atoms. The zero-order valence-electron chi connectivity index (χ0n) is 5.76. The third-order valence-corrected chi connectivity index (χ3v) is 1.12. The predicted octanol–water partition coefficient (Wildman–Crippen LogP) is 2.53. The van der Waals surface area contributed by atoms with Gasteiger partial charge in [0.25, 0.3) is 5.79 Å². The zero-order chi connectivity index (χ0) is 8.04. The van der Waals surface area contributed by atoms with Gasteiger partial charge in [-0.25, -0.2) is 16.6 Å². The van der Waals surface area contributed by atoms with Crippen LogP contribution in [-0.4, -0.2) is 5.79 Å². The van der Waals surface area contributed by atoms with E-state index in [-0.39, 0.29) is 0 Å². The molecule has 0 aliphatic rings. The van der Waals surface area contributed by atoms with E-state index in [9.17, 15) is 0 Å². The SMILES string of the molecule is CCCC(N=N)(N=N)N=N. The Morgan fingerprint density at radius 2 is 1.50 bits per heavy atom. The van der Waals surface area contributed by atoms with Crippen LogP contribution in [-0.2, 0) is 0 Å². The number of hydrogen-bond donors (Lipinski definition) is 3. The number of hydrogen-bond acceptors (Lipinski definition) is 6. The van der Waals surface area contributed by atoms with Crippen LogP contribution in [0.1, 0.15) is 19.8 Å². The van der Waals surface area contributed by atoms with Crippen LogP contribution in [0.4, 0.5) is 0 Å². The van der Waals surface area contributed by atoms with Crippen LogP contribution in [0.5, 0.6) is 0 Å². The molecule has 6 nitrogen and oxygen atoms in total. The molecule has 0 amide bonds. The average molecular weight is 142 g/mol. The van der Waals surface area contributed by atoms with Crippen molar-refractivity contribution >= 4 is 0 Å². The molecule has 0 spiro atoms. The van der Waals surface area contributed by atoms with Crippen LogP contribution >= 0.6 is 0 Å². The summed E-state index contributed by atoms with van der Waals surface area (Å²) < 4.78 is 0. The highest BCUT2D eigenvalue weighted by molar-refractivity contribution is 4.74. The Hall–Kier alpha value is -1.20. The molecule has 0 rings (SSSR count). The van der Waals surface area contributed by atoms with Gasteiger partial charge in [0.15, 0.2) is 0 Å². The second kappa shape index (κ2) is 3.76. The molecule has 0 unspecified atom stereocenters. The van der Waals surface area contributed by atoms with Crippen LogP contribution in [0.15, 0.2) is 15.3 Å². The van der Waals surface area contributed by atoms with Crippen molar-refractivity contribution in [3.05, 3.63) is 0 Å². The first kappa shape index (κ1) is 8.80. The Morgan fingerprint density at radius 1 is 1.10 bits per heavy atom. The van der Waals surface area contributed by atoms with Crippen LogP contribution in [0, 0.1) is 16.6 Å². The van der Waals surface area contributed by atoms with Crippen molar-refractivity contribution in [1.82, 2.24) is 0 Å². The third kappa shape index (κ3) is 1.64. The van der Waals surface area contributed by atoms with Crippen molar-refractivity contribution in [3.63, 3.8) is 0 Å². The first-order valence-corrected chi connectivity index (χ1v) is 2.90. The maximum absolute atomic E-state index is 6.61. The van der Waals surface area contributed by atoms with Gasteiger partial charge in [-0.1, -0.05) is 6.92 Å². The normalized spacial score (nSPS) is 15.3. The fourth-order valence-electron chi connectivity index (χ4n) is 0.578. The van der Waals surface area contributed by atoms with Crippen LogP contribution in [0.3, 0.4) is 0 Å². The van der Waals surface area contributed by atoms with Gasteiger partial charge in [-0.15, -0.1) is 15.3 Å². The fraction of sp³-hybridized carbons (Fsp3) is 1.00. The lowest BCUT2D eigenvalue weighted by Crippen LogP contribution is -2.17. The molecule has 0 fully saturated rings. The van der Waals surface area contributed by atoms with Crippen LogP contribution in [0.2, 0.25) is 0 Å². The predicted molar refractivity (Wildman–Crippen MR) is 33.1 cm³/mol. The summed E-state index contributed by atoms with van der Waals surface area (Å²) in [5, 5.41) is 8.96. The molecule has 56 valence electrons. The van der Waals surface area contributed by atoms with Crippen molar-refractivity contribution in [1.29, 1.82) is 16.6 Å². The van der Waals surface area contributed by atoms with Crippen molar-refractivity contribution in [3.8, 4) is 0 Å². The van der Waals surface area contributed by atoms with Crippen molar-refractivity contribution in [2.75, 3.05) is 0 Å². The summed E-state index contributed by atoms with van der Waals surface area (Å²) in [4.78, 5) is 0. The summed E-state index contributed by atoms with van der Waals surface area (Å²) in [6, 6.07) is 0. The monoisotopic (exact) mass is 142 g/mol. The zero-order valence-corrected chi connectivity index (χ0v) is 5.76. The summed E-state index contributed by atoms with van der Waals surface area (Å²) in [5.41, 5.74) is 19.8. The van der Waals surface area contributed by atoms with E-state index < -0.39 is 5.79 Å². The summed E-state index contributed by atoms with van der Waals surface area (Å²) in [7, 11) is 0. The minimum Gasteiger partial charge on any atom is -0.205 e. The number of nitrogens with zero attached hydrogens (tertiary/aromatic N) is 3. The molecule has 3 N–H and O–H groups in total. The smallest absolute Gasteiger partial charge is 0.205 e. The van der Waals surface area contributed by atoms with Gasteiger partial charge in [0.2, 0.25) is 0 Å². The highest BCUT2D eigenvalue weighted by Crippen LogP contribution is 2.20. The number of nitrogens with one attached hydrogen (secondary N) is 3. The summed E-state index contributed by atoms with van der Waals surface area (Å²) in [6.45, 7) is 1.86. The molecule has 0 saturated carbocycles. The Bertz CT molecular complexity index is 119. The van der Waals surface area contributed by atoms with Gasteiger partial charge in [-0.05, 0) is 6.42 Å². The molecule has 0 bridgehead atoms. The lowest BCUT2D eigenvalue weighted by Gasteiger charge is -2.11. The molecule has 0 heterocycles. The quantitative estimate of drug-likeness (QED) is 0.490. The van der Waals surface area contributed by atoms with E-state index in [4.69, 9.17) is 16.6 Å². The second-order valence-electron chi connectivity index (χ2n) is 1.86. The van der Waals surface area contributed by atoms with E-state index in [1.807, 2.05) is 6.92 Å². The lowest BCUT2D eigenvalue weighted by molar-refractivity contribution is 0.351. The summed E-state index contributed by atoms with van der Waals surface area (Å²) in [5.74, 6) is -1.45. The van der Waals surface area contributed by atoms with Crippen LogP contribution < -0.4 is 0 Å². The Balaban J connectivity index is 4.29. The van der Waals surface area contributed by atoms with Crippen molar-refractivity contribution in [2.24, 2.45) is 15.3 Å². The first-order valence-electron chi connectivity index (χ1n) is 2.90. The molecule has 0 aliphatic heterocycles. The Kier molecular flexibility index (Phi) is 3.30. The van der Waals surface area contributed by atoms with E-state index in [1.165, 1.54) is 0 Å². The summed E-state index contributed by atoms with van der Waals surface area (Å²) >= 11 is 0. The summed E-state index contributed by atoms with van der Waals surface area (Å²) in [6.07, 6.45) is 1.05. The Morgan fingerprint density at radius 3 is 1.60 bits per heavy atom. The molecular formula is C4H10N6. The standard InChI is InChI=1S/C4H10N6/c1-2-3-4(8-5,9-6)10-7/h5-7H,2-3H2,1H3. The topological polar surface area (TPSA) is 109 Å². The molecule has 0 saturated heterocycles. The molecule has 0 aromatic carbocycles. The van der Waals surface area contributed by atoms with E-state index in [2.05, 4.69) is 15.3 Å². The number of rotatable bonds is 5. The van der Waals surface area contributed by atoms with E-state index in [0.29, 0.717) is 12.8 Å². The average Bonchev–Trinajstić information content (AvgIpc) is 2.01. The largest absolute Gasteiger partial charge is 0.297 e. The fourth-order valence-corrected chi connectivity index (χ4v) is 0.578. The van der Waals surface area contributed by atoms with Gasteiger partial charge in [0.05, 0.1) is 0 Å². The molecule has 0 atom stereocenters. The minimum absolute atomic E-state index is 0.351. The highest BCUT2D eigenvalue weighted by atomic mass is 15.4. The molecule has 0 aromatic heterocycles. The van der Waals surface area contributed by atoms with E-state index in [0.717, 1.165) is 0 Å². The minimum atomic E-state index is -1.45. The maximum Gasteiger partial charge on any atom is 0.297 e. The highest BCUT2D eigenvalue weighted by Gasteiger charge is 2.26. The molecule has 0 aliphatic carbocycles. The first-order chi connectivity index (χ1) is 4.74. The van der Waals surface area contributed by atoms with Crippen molar-refractivity contribution in [2.45, 2.75) is 25.6 Å². The van der Waals surface area contributed by atoms with Gasteiger partial charge in [0, 0.05) is 6.42 Å². The van der Waals surface area contributed by atoms with Gasteiger partial charge < -0.3 is 0 Å². The molecule has 0 radical (unpaired) electrons. The van der Waals surface area contributed by atoms with Gasteiger partial charge in [-0.2, -0.15) is 0 Å². The van der Waals surface area contributed by atoms with Gasteiger partial charge in [-0.3, -0.25) is 0 Å². The molecule has 6 heteroatoms. The maximum atomic E-state index is 6.61. The van der Waals surface area contributed by atoms with E-state index in [1.54, 1.807) is 0 Å². The van der Waals surface area contributed by atoms with E-state index >= 15 is 0 Å². The van der Waals surface area contributed by atoms with Crippen LogP contribution in [0.25, 0.3) is 0 Å². The third-order valence-electron chi connectivity index (χ3n) is 1.12. The Labute approximate surface area is 58.5 Å². The second-order valence-corrected chi connectivity index (χ2v) is 1.86. The van der Waals surface area contributed by atoms with Crippen molar-refractivity contribution < 1.29 is 0 Å². The molecule has 0 aromatic rings.